The Morgan fingerprint density at radius 2 is 2.00 bits per heavy atom. The maximum Gasteiger partial charge on any atom is 0.252 e. The highest BCUT2D eigenvalue weighted by molar-refractivity contribution is 6.01. The summed E-state index contributed by atoms with van der Waals surface area (Å²) in [5.41, 5.74) is 7.76. The number of hydrogen-bond donors (Lipinski definition) is 3. The van der Waals surface area contributed by atoms with Crippen molar-refractivity contribution in [2.75, 3.05) is 0 Å². The molecule has 1 aromatic rings. The first-order chi connectivity index (χ1) is 9.48. The molecule has 1 aliphatic carbocycles. The summed E-state index contributed by atoms with van der Waals surface area (Å²) in [6.45, 7) is 3.90. The van der Waals surface area contributed by atoms with Crippen molar-refractivity contribution in [3.8, 4) is 0 Å². The average Bonchev–Trinajstić information content (AvgIpc) is 2.87. The van der Waals surface area contributed by atoms with E-state index in [-0.39, 0.29) is 11.7 Å². The zero-order valence-electron chi connectivity index (χ0n) is 11.9. The van der Waals surface area contributed by atoms with Gasteiger partial charge in [-0.1, -0.05) is 35.7 Å². The average molecular weight is 275 g/mol. The maximum atomic E-state index is 12.5. The summed E-state index contributed by atoms with van der Waals surface area (Å²) in [6, 6.07) is 5.70. The summed E-state index contributed by atoms with van der Waals surface area (Å²) in [4.78, 5) is 12.5. The molecule has 0 radical (unpaired) electrons. The number of aryl methyl sites for hydroxylation is 2. The molecule has 4 N–H and O–H groups in total. The Kier molecular flexibility index (Phi) is 3.97. The molecule has 1 saturated carbocycles. The molecule has 1 amide bonds. The highest BCUT2D eigenvalue weighted by Gasteiger charge is 2.40. The number of nitrogens with zero attached hydrogens (tertiary/aromatic N) is 1. The van der Waals surface area contributed by atoms with Crippen LogP contribution < -0.4 is 11.1 Å². The van der Waals surface area contributed by atoms with Gasteiger partial charge in [0.05, 0.1) is 0 Å². The minimum absolute atomic E-state index is 0.0908. The fourth-order valence-electron chi connectivity index (χ4n) is 2.87. The molecule has 0 saturated heterocycles. The number of amidine groups is 1. The van der Waals surface area contributed by atoms with Crippen molar-refractivity contribution in [2.24, 2.45) is 10.9 Å². The van der Waals surface area contributed by atoms with E-state index in [0.717, 1.165) is 24.0 Å². The first-order valence-electron chi connectivity index (χ1n) is 6.86. The predicted octanol–water partition coefficient (Wildman–Crippen LogP) is 2.09. The van der Waals surface area contributed by atoms with Crippen LogP contribution >= 0.6 is 0 Å². The number of carbonyl (C=O) groups excluding carboxylic acids is 1. The van der Waals surface area contributed by atoms with Crippen molar-refractivity contribution in [1.29, 1.82) is 0 Å². The van der Waals surface area contributed by atoms with Gasteiger partial charge in [-0.2, -0.15) is 0 Å². The molecule has 0 unspecified atom stereocenters. The number of carbonyl (C=O) groups is 1. The fraction of sp³-hybridized carbons (Fsp3) is 0.467. The van der Waals surface area contributed by atoms with Gasteiger partial charge in [0.2, 0.25) is 0 Å². The van der Waals surface area contributed by atoms with Gasteiger partial charge in [0.15, 0.2) is 5.84 Å². The van der Waals surface area contributed by atoms with E-state index in [2.05, 4.69) is 10.5 Å². The number of nitrogens with two attached hydrogens (primary N) is 1. The van der Waals surface area contributed by atoms with Crippen LogP contribution in [-0.4, -0.2) is 22.5 Å². The summed E-state index contributed by atoms with van der Waals surface area (Å²) in [6.07, 6.45) is 3.34. The minimum atomic E-state index is -0.705. The Bertz CT molecular complexity index is 546. The number of benzene rings is 1. The van der Waals surface area contributed by atoms with Crippen LogP contribution in [0.25, 0.3) is 0 Å². The molecule has 0 heterocycles. The highest BCUT2D eigenvalue weighted by atomic mass is 16.4. The van der Waals surface area contributed by atoms with Crippen molar-refractivity contribution in [3.05, 3.63) is 34.9 Å². The third-order valence-corrected chi connectivity index (χ3v) is 4.03. The Morgan fingerprint density at radius 1 is 1.35 bits per heavy atom. The van der Waals surface area contributed by atoms with Crippen LogP contribution in [0.15, 0.2) is 23.4 Å². The first-order valence-corrected chi connectivity index (χ1v) is 6.86. The van der Waals surface area contributed by atoms with Crippen molar-refractivity contribution in [3.63, 3.8) is 0 Å². The van der Waals surface area contributed by atoms with Crippen molar-refractivity contribution in [1.82, 2.24) is 5.32 Å². The van der Waals surface area contributed by atoms with Gasteiger partial charge < -0.3 is 16.3 Å². The molecule has 0 aliphatic heterocycles. The van der Waals surface area contributed by atoms with Gasteiger partial charge in [0, 0.05) is 5.56 Å². The fourth-order valence-corrected chi connectivity index (χ4v) is 2.87. The summed E-state index contributed by atoms with van der Waals surface area (Å²) in [5.74, 6) is -0.0795. The number of oxime groups is 1. The largest absolute Gasteiger partial charge is 0.409 e. The SMILES string of the molecule is Cc1ccc(C(=O)NC2(/C(N)=N/O)CCCC2)c(C)c1. The number of hydrogen-bond acceptors (Lipinski definition) is 3. The van der Waals surface area contributed by atoms with E-state index in [4.69, 9.17) is 10.9 Å². The summed E-state index contributed by atoms with van der Waals surface area (Å²) in [7, 11) is 0. The van der Waals surface area contributed by atoms with E-state index < -0.39 is 5.54 Å². The topological polar surface area (TPSA) is 87.7 Å². The molecule has 1 aromatic carbocycles. The Hall–Kier alpha value is -2.04. The van der Waals surface area contributed by atoms with Gasteiger partial charge in [-0.3, -0.25) is 4.79 Å². The lowest BCUT2D eigenvalue weighted by atomic mass is 9.94. The maximum absolute atomic E-state index is 12.5. The van der Waals surface area contributed by atoms with Gasteiger partial charge in [-0.05, 0) is 38.3 Å². The Morgan fingerprint density at radius 3 is 2.55 bits per heavy atom. The number of nitrogens with one attached hydrogen (secondary N) is 1. The van der Waals surface area contributed by atoms with Crippen LogP contribution in [0, 0.1) is 13.8 Å². The molecule has 1 aliphatic rings. The second-order valence-corrected chi connectivity index (χ2v) is 5.55. The van der Waals surface area contributed by atoms with E-state index in [1.54, 1.807) is 0 Å². The molecular weight excluding hydrogens is 254 g/mol. The Labute approximate surface area is 118 Å². The molecule has 5 nitrogen and oxygen atoms in total. The van der Waals surface area contributed by atoms with Gasteiger partial charge in [-0.15, -0.1) is 0 Å². The van der Waals surface area contributed by atoms with Crippen LogP contribution in [0.1, 0.15) is 47.2 Å². The zero-order chi connectivity index (χ0) is 14.8. The molecule has 108 valence electrons. The lowest BCUT2D eigenvalue weighted by Gasteiger charge is -2.29. The highest BCUT2D eigenvalue weighted by Crippen LogP contribution is 2.30. The standard InChI is InChI=1S/C15H21N3O2/c1-10-5-6-12(11(2)9-10)13(19)17-15(14(16)18-20)7-3-4-8-15/h5-6,9,20H,3-4,7-8H2,1-2H3,(H2,16,18)(H,17,19). The van der Waals surface area contributed by atoms with Crippen molar-refractivity contribution >= 4 is 11.7 Å². The molecular formula is C15H21N3O2. The third-order valence-electron chi connectivity index (χ3n) is 4.03. The second-order valence-electron chi connectivity index (χ2n) is 5.55. The molecule has 0 spiro atoms. The first kappa shape index (κ1) is 14.4. The lowest BCUT2D eigenvalue weighted by molar-refractivity contribution is 0.0922. The number of rotatable bonds is 3. The van der Waals surface area contributed by atoms with Crippen LogP contribution in [-0.2, 0) is 0 Å². The quantitative estimate of drug-likeness (QED) is 0.341. The third kappa shape index (κ3) is 2.61. The van der Waals surface area contributed by atoms with Crippen molar-refractivity contribution in [2.45, 2.75) is 45.1 Å². The van der Waals surface area contributed by atoms with E-state index in [0.29, 0.717) is 18.4 Å². The van der Waals surface area contributed by atoms with E-state index in [9.17, 15) is 4.79 Å². The summed E-state index contributed by atoms with van der Waals surface area (Å²) >= 11 is 0. The smallest absolute Gasteiger partial charge is 0.252 e. The predicted molar refractivity (Wildman–Crippen MR) is 78.0 cm³/mol. The Balaban J connectivity index is 2.25. The van der Waals surface area contributed by atoms with Gasteiger partial charge in [0.25, 0.3) is 5.91 Å². The molecule has 0 aromatic heterocycles. The van der Waals surface area contributed by atoms with Gasteiger partial charge >= 0.3 is 0 Å². The van der Waals surface area contributed by atoms with Crippen LogP contribution in [0.4, 0.5) is 0 Å². The molecule has 0 bridgehead atoms. The molecule has 2 rings (SSSR count). The van der Waals surface area contributed by atoms with E-state index in [1.807, 2.05) is 32.0 Å². The second kappa shape index (κ2) is 5.53. The van der Waals surface area contributed by atoms with Crippen molar-refractivity contribution < 1.29 is 10.0 Å². The van der Waals surface area contributed by atoms with Crippen LogP contribution in [0.3, 0.4) is 0 Å². The molecule has 0 atom stereocenters. The molecule has 5 heteroatoms. The minimum Gasteiger partial charge on any atom is -0.409 e. The molecule has 20 heavy (non-hydrogen) atoms. The van der Waals surface area contributed by atoms with E-state index in [1.165, 1.54) is 0 Å². The zero-order valence-corrected chi connectivity index (χ0v) is 11.9. The van der Waals surface area contributed by atoms with Gasteiger partial charge in [0.1, 0.15) is 5.54 Å². The number of amides is 1. The normalized spacial score (nSPS) is 18.0. The van der Waals surface area contributed by atoms with E-state index >= 15 is 0 Å². The lowest BCUT2D eigenvalue weighted by Crippen LogP contribution is -2.55. The monoisotopic (exact) mass is 275 g/mol. The van der Waals surface area contributed by atoms with Crippen LogP contribution in [0.2, 0.25) is 0 Å². The molecule has 1 fully saturated rings. The van der Waals surface area contributed by atoms with Gasteiger partial charge in [-0.25, -0.2) is 0 Å². The summed E-state index contributed by atoms with van der Waals surface area (Å²) < 4.78 is 0. The van der Waals surface area contributed by atoms with Crippen LogP contribution in [0.5, 0.6) is 0 Å². The summed E-state index contributed by atoms with van der Waals surface area (Å²) in [5, 5.41) is 15.0.